The number of ether oxygens (including phenoxy) is 2. The molecule has 11 heteroatoms. The predicted molar refractivity (Wildman–Crippen MR) is 94.9 cm³/mol. The van der Waals surface area contributed by atoms with E-state index >= 15 is 0 Å². The van der Waals surface area contributed by atoms with Crippen LogP contribution in [0.3, 0.4) is 0 Å². The molecule has 0 aliphatic carbocycles. The van der Waals surface area contributed by atoms with Gasteiger partial charge in [-0.05, 0) is 26.2 Å². The Morgan fingerprint density at radius 1 is 1.22 bits per heavy atom. The second kappa shape index (κ2) is 8.79. The summed E-state index contributed by atoms with van der Waals surface area (Å²) in [6, 6.07) is -0.489. The summed E-state index contributed by atoms with van der Waals surface area (Å²) in [7, 11) is -4.20. The van der Waals surface area contributed by atoms with Gasteiger partial charge in [0.2, 0.25) is 9.84 Å². The highest BCUT2D eigenvalue weighted by molar-refractivity contribution is 7.92. The van der Waals surface area contributed by atoms with E-state index in [0.29, 0.717) is 26.3 Å². The fourth-order valence-electron chi connectivity index (χ4n) is 2.58. The smallest absolute Gasteiger partial charge is 0.346 e. The van der Waals surface area contributed by atoms with Crippen molar-refractivity contribution in [3.63, 3.8) is 0 Å². The SMILES string of the molecule is CC(C)CC(C(=O)OC(C)C)S(=O)(=O)c1ncn(C(=O)N2CCOCC2)n1. The maximum Gasteiger partial charge on any atom is 0.346 e. The van der Waals surface area contributed by atoms with E-state index in [1.54, 1.807) is 27.7 Å². The second-order valence-corrected chi connectivity index (χ2v) is 9.03. The maximum absolute atomic E-state index is 12.9. The molecule has 1 aliphatic rings. The van der Waals surface area contributed by atoms with E-state index in [9.17, 15) is 18.0 Å². The summed E-state index contributed by atoms with van der Waals surface area (Å²) in [6.07, 6.45) is 0.667. The summed E-state index contributed by atoms with van der Waals surface area (Å²) < 4.78 is 37.0. The maximum atomic E-state index is 12.9. The molecule has 0 spiro atoms. The standard InChI is InChI=1S/C16H26N4O6S/c1-11(2)9-13(14(21)26-12(3)4)27(23,24)15-17-10-20(18-15)16(22)19-5-7-25-8-6-19/h10-13H,5-9H2,1-4H3. The number of hydrogen-bond donors (Lipinski definition) is 0. The van der Waals surface area contributed by atoms with Crippen LogP contribution in [0.1, 0.15) is 34.1 Å². The number of carbonyl (C=O) groups excluding carboxylic acids is 2. The number of carbonyl (C=O) groups is 2. The fraction of sp³-hybridized carbons (Fsp3) is 0.750. The van der Waals surface area contributed by atoms with Gasteiger partial charge in [0.1, 0.15) is 6.33 Å². The average Bonchev–Trinajstić information content (AvgIpc) is 3.09. The molecule has 1 aromatic rings. The van der Waals surface area contributed by atoms with Crippen LogP contribution < -0.4 is 0 Å². The van der Waals surface area contributed by atoms with Crippen molar-refractivity contribution in [2.45, 2.75) is 50.6 Å². The molecule has 1 unspecified atom stereocenters. The molecule has 0 radical (unpaired) electrons. The predicted octanol–water partition coefficient (Wildman–Crippen LogP) is 0.718. The zero-order valence-corrected chi connectivity index (χ0v) is 16.8. The van der Waals surface area contributed by atoms with E-state index in [1.165, 1.54) is 4.90 Å². The minimum Gasteiger partial charge on any atom is -0.462 e. The van der Waals surface area contributed by atoms with Crippen LogP contribution in [-0.2, 0) is 24.1 Å². The number of amides is 1. The third-order valence-electron chi connectivity index (χ3n) is 3.88. The molecule has 2 rings (SSSR count). The quantitative estimate of drug-likeness (QED) is 0.638. The summed E-state index contributed by atoms with van der Waals surface area (Å²) in [6.45, 7) is 8.48. The lowest BCUT2D eigenvalue weighted by Crippen LogP contribution is -2.43. The third kappa shape index (κ3) is 5.25. The Hall–Kier alpha value is -2.01. The fourth-order valence-corrected chi connectivity index (χ4v) is 4.18. The van der Waals surface area contributed by atoms with Gasteiger partial charge in [0, 0.05) is 13.1 Å². The van der Waals surface area contributed by atoms with Crippen molar-refractivity contribution in [1.82, 2.24) is 19.7 Å². The van der Waals surface area contributed by atoms with E-state index in [-0.39, 0.29) is 12.3 Å². The number of aromatic nitrogens is 3. The van der Waals surface area contributed by atoms with Crippen LogP contribution in [-0.4, -0.2) is 77.7 Å². The largest absolute Gasteiger partial charge is 0.462 e. The second-order valence-electron chi connectivity index (χ2n) is 7.00. The minimum atomic E-state index is -4.20. The van der Waals surface area contributed by atoms with Crippen molar-refractivity contribution in [1.29, 1.82) is 0 Å². The summed E-state index contributed by atoms with van der Waals surface area (Å²) in [5.74, 6) is -0.906. The van der Waals surface area contributed by atoms with Crippen molar-refractivity contribution >= 4 is 21.8 Å². The highest BCUT2D eigenvalue weighted by Crippen LogP contribution is 2.21. The number of morpholine rings is 1. The van der Waals surface area contributed by atoms with Gasteiger partial charge in [0.05, 0.1) is 19.3 Å². The first-order valence-corrected chi connectivity index (χ1v) is 10.4. The normalized spacial score (nSPS) is 16.6. The Morgan fingerprint density at radius 3 is 2.41 bits per heavy atom. The van der Waals surface area contributed by atoms with Gasteiger partial charge in [-0.2, -0.15) is 4.68 Å². The van der Waals surface area contributed by atoms with Gasteiger partial charge in [-0.15, -0.1) is 5.10 Å². The molecule has 0 saturated carbocycles. The van der Waals surface area contributed by atoms with E-state index in [1.807, 2.05) is 0 Å². The number of sulfone groups is 1. The van der Waals surface area contributed by atoms with Gasteiger partial charge in [-0.1, -0.05) is 13.8 Å². The van der Waals surface area contributed by atoms with Gasteiger partial charge in [-0.3, -0.25) is 4.79 Å². The number of nitrogens with zero attached hydrogens (tertiary/aromatic N) is 4. The van der Waals surface area contributed by atoms with E-state index in [2.05, 4.69) is 10.1 Å². The molecule has 27 heavy (non-hydrogen) atoms. The lowest BCUT2D eigenvalue weighted by molar-refractivity contribution is -0.147. The van der Waals surface area contributed by atoms with Crippen molar-refractivity contribution in [3.05, 3.63) is 6.33 Å². The van der Waals surface area contributed by atoms with Crippen molar-refractivity contribution in [2.75, 3.05) is 26.3 Å². The number of esters is 1. The van der Waals surface area contributed by atoms with Crippen LogP contribution in [0, 0.1) is 5.92 Å². The molecule has 1 aliphatic heterocycles. The monoisotopic (exact) mass is 402 g/mol. The Morgan fingerprint density at radius 2 is 1.85 bits per heavy atom. The summed E-state index contributed by atoms with van der Waals surface area (Å²) in [5.41, 5.74) is 0. The average molecular weight is 402 g/mol. The molecular weight excluding hydrogens is 376 g/mol. The first-order chi connectivity index (χ1) is 12.6. The Bertz CT molecular complexity index is 768. The van der Waals surface area contributed by atoms with Gasteiger partial charge >= 0.3 is 12.0 Å². The van der Waals surface area contributed by atoms with E-state index < -0.39 is 38.3 Å². The Kier molecular flexibility index (Phi) is 6.93. The zero-order valence-electron chi connectivity index (χ0n) is 16.0. The minimum absolute atomic E-state index is 0.0680. The van der Waals surface area contributed by atoms with Crippen molar-refractivity contribution < 1.29 is 27.5 Å². The van der Waals surface area contributed by atoms with Crippen LogP contribution in [0.2, 0.25) is 0 Å². The van der Waals surface area contributed by atoms with Crippen LogP contribution in [0.4, 0.5) is 4.79 Å². The van der Waals surface area contributed by atoms with Crippen LogP contribution >= 0.6 is 0 Å². The Balaban J connectivity index is 2.26. The highest BCUT2D eigenvalue weighted by Gasteiger charge is 2.39. The number of rotatable bonds is 6. The first kappa shape index (κ1) is 21.3. The highest BCUT2D eigenvalue weighted by atomic mass is 32.2. The van der Waals surface area contributed by atoms with Crippen LogP contribution in [0.5, 0.6) is 0 Å². The summed E-state index contributed by atoms with van der Waals surface area (Å²) in [5, 5.41) is 1.84. The van der Waals surface area contributed by atoms with E-state index in [0.717, 1.165) is 11.0 Å². The van der Waals surface area contributed by atoms with Crippen molar-refractivity contribution in [3.8, 4) is 0 Å². The molecule has 152 valence electrons. The molecule has 10 nitrogen and oxygen atoms in total. The molecule has 2 heterocycles. The first-order valence-electron chi connectivity index (χ1n) is 8.86. The zero-order chi connectivity index (χ0) is 20.2. The van der Waals surface area contributed by atoms with Crippen LogP contribution in [0.15, 0.2) is 11.5 Å². The van der Waals surface area contributed by atoms with E-state index in [4.69, 9.17) is 9.47 Å². The summed E-state index contributed by atoms with van der Waals surface area (Å²) in [4.78, 5) is 30.0. The van der Waals surface area contributed by atoms with Crippen LogP contribution in [0.25, 0.3) is 0 Å². The molecule has 1 amide bonds. The molecule has 1 fully saturated rings. The topological polar surface area (TPSA) is 121 Å². The molecule has 0 bridgehead atoms. The lowest BCUT2D eigenvalue weighted by atomic mass is 10.1. The molecule has 1 aromatic heterocycles. The molecule has 0 aromatic carbocycles. The molecular formula is C16H26N4O6S. The lowest BCUT2D eigenvalue weighted by Gasteiger charge is -2.25. The molecule has 1 atom stereocenters. The summed E-state index contributed by atoms with van der Waals surface area (Å²) >= 11 is 0. The van der Waals surface area contributed by atoms with Gasteiger partial charge in [0.25, 0.3) is 5.16 Å². The van der Waals surface area contributed by atoms with Gasteiger partial charge in [0.15, 0.2) is 5.25 Å². The Labute approximate surface area is 158 Å². The van der Waals surface area contributed by atoms with Gasteiger partial charge < -0.3 is 14.4 Å². The van der Waals surface area contributed by atoms with Gasteiger partial charge in [-0.25, -0.2) is 18.2 Å². The van der Waals surface area contributed by atoms with Crippen molar-refractivity contribution in [2.24, 2.45) is 5.92 Å². The number of hydrogen-bond acceptors (Lipinski definition) is 8. The molecule has 1 saturated heterocycles. The third-order valence-corrected chi connectivity index (χ3v) is 5.71. The molecule has 0 N–H and O–H groups in total.